The van der Waals surface area contributed by atoms with Gasteiger partial charge in [0.2, 0.25) is 0 Å². The molecule has 146 valence electrons. The number of rotatable bonds is 7. The molecule has 5 nitrogen and oxygen atoms in total. The third-order valence-corrected chi connectivity index (χ3v) is 4.70. The van der Waals surface area contributed by atoms with Crippen molar-refractivity contribution in [2.45, 2.75) is 13.0 Å². The summed E-state index contributed by atoms with van der Waals surface area (Å²) >= 11 is 0. The molecule has 5 heteroatoms. The Morgan fingerprint density at radius 2 is 1.68 bits per heavy atom. The summed E-state index contributed by atoms with van der Waals surface area (Å²) < 4.78 is 10.7. The zero-order valence-corrected chi connectivity index (χ0v) is 16.7. The van der Waals surface area contributed by atoms with Crippen LogP contribution in [0.1, 0.15) is 11.1 Å². The highest BCUT2D eigenvalue weighted by molar-refractivity contribution is 5.86. The minimum absolute atomic E-state index is 0.720. The van der Waals surface area contributed by atoms with Gasteiger partial charge in [-0.3, -0.25) is 4.99 Å². The Labute approximate surface area is 166 Å². The van der Waals surface area contributed by atoms with E-state index in [0.717, 1.165) is 37.0 Å². The van der Waals surface area contributed by atoms with Gasteiger partial charge in [0.25, 0.3) is 0 Å². The zero-order chi connectivity index (χ0) is 19.8. The van der Waals surface area contributed by atoms with Crippen LogP contribution in [0.3, 0.4) is 0 Å². The highest BCUT2D eigenvalue weighted by Gasteiger charge is 2.06. The number of guanidine groups is 1. The number of benzene rings is 3. The molecule has 0 saturated heterocycles. The molecule has 0 amide bonds. The molecule has 0 aromatic heterocycles. The van der Waals surface area contributed by atoms with Gasteiger partial charge in [-0.1, -0.05) is 48.5 Å². The number of hydrogen-bond acceptors (Lipinski definition) is 3. The number of ether oxygens (including phenoxy) is 2. The number of nitrogens with zero attached hydrogens (tertiary/aromatic N) is 1. The molecule has 3 aromatic rings. The van der Waals surface area contributed by atoms with Crippen LogP contribution in [-0.4, -0.2) is 33.8 Å². The maximum absolute atomic E-state index is 5.37. The average Bonchev–Trinajstić information content (AvgIpc) is 2.75. The number of aliphatic imine (C=N–C) groups is 1. The van der Waals surface area contributed by atoms with Crippen LogP contribution in [-0.2, 0) is 13.0 Å². The lowest BCUT2D eigenvalue weighted by atomic mass is 10.0. The van der Waals surface area contributed by atoms with Crippen molar-refractivity contribution in [1.82, 2.24) is 10.6 Å². The van der Waals surface area contributed by atoms with E-state index in [-0.39, 0.29) is 0 Å². The fourth-order valence-corrected chi connectivity index (χ4v) is 3.21. The first-order valence-electron chi connectivity index (χ1n) is 9.37. The van der Waals surface area contributed by atoms with Crippen LogP contribution in [0.4, 0.5) is 0 Å². The number of hydrogen-bond donors (Lipinski definition) is 2. The van der Waals surface area contributed by atoms with E-state index in [1.54, 1.807) is 21.3 Å². The molecule has 0 fully saturated rings. The van der Waals surface area contributed by atoms with Gasteiger partial charge in [0.1, 0.15) is 0 Å². The SMILES string of the molecule is CN=C(NCCc1ccc(OC)c(OC)c1)NCc1cccc2ccccc12. The number of fused-ring (bicyclic) bond motifs is 1. The van der Waals surface area contributed by atoms with Gasteiger partial charge in [0.15, 0.2) is 17.5 Å². The monoisotopic (exact) mass is 377 g/mol. The maximum Gasteiger partial charge on any atom is 0.191 e. The first kappa shape index (κ1) is 19.5. The molecule has 0 atom stereocenters. The average molecular weight is 377 g/mol. The van der Waals surface area contributed by atoms with E-state index < -0.39 is 0 Å². The van der Waals surface area contributed by atoms with Crippen molar-refractivity contribution in [1.29, 1.82) is 0 Å². The lowest BCUT2D eigenvalue weighted by Gasteiger charge is -2.14. The minimum atomic E-state index is 0.720. The molecule has 0 aliphatic heterocycles. The first-order chi connectivity index (χ1) is 13.7. The summed E-state index contributed by atoms with van der Waals surface area (Å²) in [4.78, 5) is 4.33. The topological polar surface area (TPSA) is 54.9 Å². The van der Waals surface area contributed by atoms with E-state index in [0.29, 0.717) is 0 Å². The molecule has 2 N–H and O–H groups in total. The largest absolute Gasteiger partial charge is 0.493 e. The fraction of sp³-hybridized carbons (Fsp3) is 0.261. The summed E-state index contributed by atoms with van der Waals surface area (Å²) in [7, 11) is 5.08. The van der Waals surface area contributed by atoms with Gasteiger partial charge in [0.05, 0.1) is 14.2 Å². The Hall–Kier alpha value is -3.21. The van der Waals surface area contributed by atoms with E-state index in [4.69, 9.17) is 9.47 Å². The molecular weight excluding hydrogens is 350 g/mol. The van der Waals surface area contributed by atoms with Crippen LogP contribution in [0.2, 0.25) is 0 Å². The molecular formula is C23H27N3O2. The van der Waals surface area contributed by atoms with Gasteiger partial charge in [-0.2, -0.15) is 0 Å². The highest BCUT2D eigenvalue weighted by atomic mass is 16.5. The third kappa shape index (κ3) is 4.74. The third-order valence-electron chi connectivity index (χ3n) is 4.70. The molecule has 0 heterocycles. The minimum Gasteiger partial charge on any atom is -0.493 e. The normalized spacial score (nSPS) is 11.3. The molecule has 0 radical (unpaired) electrons. The Balaban J connectivity index is 1.55. The quantitative estimate of drug-likeness (QED) is 0.486. The van der Waals surface area contributed by atoms with Gasteiger partial charge in [-0.05, 0) is 40.5 Å². The summed E-state index contributed by atoms with van der Waals surface area (Å²) in [5, 5.41) is 9.28. The van der Waals surface area contributed by atoms with E-state index in [1.807, 2.05) is 12.1 Å². The van der Waals surface area contributed by atoms with Gasteiger partial charge in [-0.25, -0.2) is 0 Å². The molecule has 3 aromatic carbocycles. The molecule has 0 aliphatic carbocycles. The smallest absolute Gasteiger partial charge is 0.191 e. The second-order valence-corrected chi connectivity index (χ2v) is 6.43. The van der Waals surface area contributed by atoms with Gasteiger partial charge in [0, 0.05) is 20.1 Å². The Morgan fingerprint density at radius 3 is 2.46 bits per heavy atom. The second-order valence-electron chi connectivity index (χ2n) is 6.43. The molecule has 28 heavy (non-hydrogen) atoms. The van der Waals surface area contributed by atoms with Crippen molar-refractivity contribution >= 4 is 16.7 Å². The molecule has 0 bridgehead atoms. The van der Waals surface area contributed by atoms with Crippen LogP contribution < -0.4 is 20.1 Å². The lowest BCUT2D eigenvalue weighted by molar-refractivity contribution is 0.354. The molecule has 0 aliphatic rings. The zero-order valence-electron chi connectivity index (χ0n) is 16.7. The van der Waals surface area contributed by atoms with Crippen LogP contribution in [0.15, 0.2) is 65.7 Å². The summed E-state index contributed by atoms with van der Waals surface area (Å²) in [5.74, 6) is 2.28. The highest BCUT2D eigenvalue weighted by Crippen LogP contribution is 2.27. The van der Waals surface area contributed by atoms with Crippen LogP contribution >= 0.6 is 0 Å². The molecule has 0 spiro atoms. The molecule has 0 saturated carbocycles. The van der Waals surface area contributed by atoms with Gasteiger partial charge in [-0.15, -0.1) is 0 Å². The van der Waals surface area contributed by atoms with Crippen LogP contribution in [0.25, 0.3) is 10.8 Å². The standard InChI is InChI=1S/C23H27N3O2/c1-24-23(25-14-13-17-11-12-21(27-2)22(15-17)28-3)26-16-19-9-6-8-18-7-4-5-10-20(18)19/h4-12,15H,13-14,16H2,1-3H3,(H2,24,25,26). The second kappa shape index (κ2) is 9.65. The first-order valence-corrected chi connectivity index (χ1v) is 9.37. The summed E-state index contributed by atoms with van der Waals surface area (Å²) in [6.07, 6.45) is 0.856. The van der Waals surface area contributed by atoms with Gasteiger partial charge >= 0.3 is 0 Å². The number of methoxy groups -OCH3 is 2. The van der Waals surface area contributed by atoms with E-state index in [9.17, 15) is 0 Å². The Morgan fingerprint density at radius 1 is 0.893 bits per heavy atom. The van der Waals surface area contributed by atoms with Crippen molar-refractivity contribution in [3.8, 4) is 11.5 Å². The fourth-order valence-electron chi connectivity index (χ4n) is 3.21. The maximum atomic E-state index is 5.37. The summed E-state index contributed by atoms with van der Waals surface area (Å²) in [6, 6.07) is 20.8. The van der Waals surface area contributed by atoms with Crippen molar-refractivity contribution in [2.24, 2.45) is 4.99 Å². The number of nitrogens with one attached hydrogen (secondary N) is 2. The van der Waals surface area contributed by atoms with Crippen molar-refractivity contribution < 1.29 is 9.47 Å². The molecule has 3 rings (SSSR count). The lowest BCUT2D eigenvalue weighted by Crippen LogP contribution is -2.37. The predicted molar refractivity (Wildman–Crippen MR) is 115 cm³/mol. The van der Waals surface area contributed by atoms with E-state index in [1.165, 1.54) is 21.9 Å². The van der Waals surface area contributed by atoms with Crippen LogP contribution in [0.5, 0.6) is 11.5 Å². The Bertz CT molecular complexity index is 948. The van der Waals surface area contributed by atoms with Crippen molar-refractivity contribution in [3.05, 3.63) is 71.8 Å². The van der Waals surface area contributed by atoms with Crippen molar-refractivity contribution in [2.75, 3.05) is 27.8 Å². The summed E-state index contributed by atoms with van der Waals surface area (Å²) in [5.41, 5.74) is 2.43. The molecule has 0 unspecified atom stereocenters. The van der Waals surface area contributed by atoms with Crippen molar-refractivity contribution in [3.63, 3.8) is 0 Å². The predicted octanol–water partition coefficient (Wildman–Crippen LogP) is 3.76. The van der Waals surface area contributed by atoms with Gasteiger partial charge < -0.3 is 20.1 Å². The van der Waals surface area contributed by atoms with E-state index >= 15 is 0 Å². The van der Waals surface area contributed by atoms with Crippen LogP contribution in [0, 0.1) is 0 Å². The van der Waals surface area contributed by atoms with E-state index in [2.05, 4.69) is 64.2 Å². The Kier molecular flexibility index (Phi) is 6.73. The summed E-state index contributed by atoms with van der Waals surface area (Å²) in [6.45, 7) is 1.49.